The SMILES string of the molecule is Cc1cccc(O[C@H](C)C(=O)NCCCc2cccc(OC(C)C)c2)c1C. The molecular weight excluding hydrogens is 338 g/mol. The van der Waals surface area contributed by atoms with Crippen molar-refractivity contribution in [2.75, 3.05) is 6.54 Å². The van der Waals surface area contributed by atoms with Gasteiger partial charge in [-0.25, -0.2) is 0 Å². The van der Waals surface area contributed by atoms with Crippen LogP contribution in [0.2, 0.25) is 0 Å². The van der Waals surface area contributed by atoms with Crippen LogP contribution < -0.4 is 14.8 Å². The first-order chi connectivity index (χ1) is 12.9. The van der Waals surface area contributed by atoms with Crippen molar-refractivity contribution in [1.82, 2.24) is 5.32 Å². The summed E-state index contributed by atoms with van der Waals surface area (Å²) in [5, 5.41) is 2.96. The van der Waals surface area contributed by atoms with Gasteiger partial charge in [-0.15, -0.1) is 0 Å². The average molecular weight is 370 g/mol. The summed E-state index contributed by atoms with van der Waals surface area (Å²) in [6.45, 7) is 10.5. The van der Waals surface area contributed by atoms with Gasteiger partial charge in [0, 0.05) is 6.54 Å². The third-order valence-electron chi connectivity index (χ3n) is 4.44. The van der Waals surface area contributed by atoms with Crippen molar-refractivity contribution >= 4 is 5.91 Å². The van der Waals surface area contributed by atoms with Crippen LogP contribution >= 0.6 is 0 Å². The minimum absolute atomic E-state index is 0.0900. The molecular formula is C23H31NO3. The van der Waals surface area contributed by atoms with Crippen molar-refractivity contribution in [3.63, 3.8) is 0 Å². The van der Waals surface area contributed by atoms with Gasteiger partial charge in [-0.3, -0.25) is 4.79 Å². The number of aryl methyl sites for hydroxylation is 2. The monoisotopic (exact) mass is 369 g/mol. The number of nitrogens with one attached hydrogen (secondary N) is 1. The van der Waals surface area contributed by atoms with Crippen LogP contribution in [0.5, 0.6) is 11.5 Å². The summed E-state index contributed by atoms with van der Waals surface area (Å²) in [5.74, 6) is 1.56. The molecule has 27 heavy (non-hydrogen) atoms. The van der Waals surface area contributed by atoms with Crippen molar-refractivity contribution in [2.24, 2.45) is 0 Å². The molecule has 2 rings (SSSR count). The number of carbonyl (C=O) groups is 1. The molecule has 0 saturated heterocycles. The number of rotatable bonds is 9. The molecule has 1 amide bonds. The molecule has 4 nitrogen and oxygen atoms in total. The summed E-state index contributed by atoms with van der Waals surface area (Å²) >= 11 is 0. The van der Waals surface area contributed by atoms with E-state index in [4.69, 9.17) is 9.47 Å². The number of hydrogen-bond donors (Lipinski definition) is 1. The van der Waals surface area contributed by atoms with E-state index in [0.29, 0.717) is 6.54 Å². The molecule has 0 spiro atoms. The maximum atomic E-state index is 12.3. The van der Waals surface area contributed by atoms with E-state index in [-0.39, 0.29) is 12.0 Å². The van der Waals surface area contributed by atoms with Gasteiger partial charge >= 0.3 is 0 Å². The summed E-state index contributed by atoms with van der Waals surface area (Å²) in [6.07, 6.45) is 1.40. The van der Waals surface area contributed by atoms with Crippen LogP contribution in [0.15, 0.2) is 42.5 Å². The first-order valence-corrected chi connectivity index (χ1v) is 9.63. The summed E-state index contributed by atoms with van der Waals surface area (Å²) in [7, 11) is 0. The fourth-order valence-corrected chi connectivity index (χ4v) is 2.79. The molecule has 4 heteroatoms. The predicted molar refractivity (Wildman–Crippen MR) is 110 cm³/mol. The Bertz CT molecular complexity index is 755. The standard InChI is InChI=1S/C23H31NO3/c1-16(2)26-21-12-7-10-20(15-21)11-8-14-24-23(25)19(5)27-22-13-6-9-17(3)18(22)4/h6-7,9-10,12-13,15-16,19H,8,11,14H2,1-5H3,(H,24,25)/t19-/m1/s1. The highest BCUT2D eigenvalue weighted by Gasteiger charge is 2.15. The third kappa shape index (κ3) is 6.63. The number of ether oxygens (including phenoxy) is 2. The fourth-order valence-electron chi connectivity index (χ4n) is 2.79. The lowest BCUT2D eigenvalue weighted by Gasteiger charge is -2.17. The van der Waals surface area contributed by atoms with Gasteiger partial charge in [-0.1, -0.05) is 24.3 Å². The topological polar surface area (TPSA) is 47.6 Å². The van der Waals surface area contributed by atoms with Gasteiger partial charge in [0.05, 0.1) is 6.10 Å². The molecule has 0 heterocycles. The minimum Gasteiger partial charge on any atom is -0.491 e. The van der Waals surface area contributed by atoms with E-state index in [2.05, 4.69) is 17.4 Å². The smallest absolute Gasteiger partial charge is 0.260 e. The molecule has 2 aromatic rings. The second kappa shape index (κ2) is 10.0. The van der Waals surface area contributed by atoms with E-state index in [1.54, 1.807) is 6.92 Å². The number of benzene rings is 2. The summed E-state index contributed by atoms with van der Waals surface area (Å²) in [4.78, 5) is 12.3. The van der Waals surface area contributed by atoms with E-state index in [9.17, 15) is 4.79 Å². The van der Waals surface area contributed by atoms with E-state index >= 15 is 0 Å². The van der Waals surface area contributed by atoms with Crippen molar-refractivity contribution in [3.05, 3.63) is 59.2 Å². The third-order valence-corrected chi connectivity index (χ3v) is 4.44. The van der Waals surface area contributed by atoms with E-state index in [1.165, 1.54) is 5.56 Å². The highest BCUT2D eigenvalue weighted by Crippen LogP contribution is 2.21. The Balaban J connectivity index is 1.76. The molecule has 1 atom stereocenters. The Morgan fingerprint density at radius 3 is 2.52 bits per heavy atom. The zero-order chi connectivity index (χ0) is 19.8. The molecule has 0 aliphatic carbocycles. The summed E-state index contributed by atoms with van der Waals surface area (Å²) in [5.41, 5.74) is 3.44. The van der Waals surface area contributed by atoms with Gasteiger partial charge in [-0.05, 0) is 82.3 Å². The molecule has 0 aliphatic rings. The first kappa shape index (κ1) is 20.8. The summed E-state index contributed by atoms with van der Waals surface area (Å²) < 4.78 is 11.5. The van der Waals surface area contributed by atoms with Crippen LogP contribution in [0.25, 0.3) is 0 Å². The van der Waals surface area contributed by atoms with Gasteiger partial charge in [0.1, 0.15) is 11.5 Å². The molecule has 0 unspecified atom stereocenters. The highest BCUT2D eigenvalue weighted by atomic mass is 16.5. The predicted octanol–water partition coefficient (Wildman–Crippen LogP) is 4.61. The molecule has 1 N–H and O–H groups in total. The minimum atomic E-state index is -0.520. The largest absolute Gasteiger partial charge is 0.491 e. The molecule has 0 saturated carbocycles. The fraction of sp³-hybridized carbons (Fsp3) is 0.435. The van der Waals surface area contributed by atoms with Crippen molar-refractivity contribution in [3.8, 4) is 11.5 Å². The van der Waals surface area contributed by atoms with Gasteiger partial charge < -0.3 is 14.8 Å². The maximum absolute atomic E-state index is 12.3. The Morgan fingerprint density at radius 2 is 1.78 bits per heavy atom. The van der Waals surface area contributed by atoms with E-state index < -0.39 is 6.10 Å². The molecule has 0 aromatic heterocycles. The number of hydrogen-bond acceptors (Lipinski definition) is 3. The molecule has 0 fully saturated rings. The zero-order valence-corrected chi connectivity index (χ0v) is 17.0. The lowest BCUT2D eigenvalue weighted by Crippen LogP contribution is -2.37. The van der Waals surface area contributed by atoms with Crippen LogP contribution in [-0.2, 0) is 11.2 Å². The van der Waals surface area contributed by atoms with Crippen LogP contribution in [0.3, 0.4) is 0 Å². The van der Waals surface area contributed by atoms with Crippen molar-refractivity contribution in [1.29, 1.82) is 0 Å². The average Bonchev–Trinajstić information content (AvgIpc) is 2.62. The Morgan fingerprint density at radius 1 is 1.04 bits per heavy atom. The summed E-state index contributed by atoms with van der Waals surface area (Å²) in [6, 6.07) is 14.0. The zero-order valence-electron chi connectivity index (χ0n) is 17.0. The van der Waals surface area contributed by atoms with Crippen LogP contribution in [0, 0.1) is 13.8 Å². The van der Waals surface area contributed by atoms with Gasteiger partial charge in [0.25, 0.3) is 5.91 Å². The normalized spacial score (nSPS) is 11.9. The van der Waals surface area contributed by atoms with Crippen LogP contribution in [0.4, 0.5) is 0 Å². The van der Waals surface area contributed by atoms with Gasteiger partial charge in [-0.2, -0.15) is 0 Å². The maximum Gasteiger partial charge on any atom is 0.260 e. The lowest BCUT2D eigenvalue weighted by atomic mass is 10.1. The molecule has 146 valence electrons. The molecule has 2 aromatic carbocycles. The molecule has 0 bridgehead atoms. The first-order valence-electron chi connectivity index (χ1n) is 9.63. The van der Waals surface area contributed by atoms with Gasteiger partial charge in [0.2, 0.25) is 0 Å². The Kier molecular flexibility index (Phi) is 7.71. The highest BCUT2D eigenvalue weighted by molar-refractivity contribution is 5.80. The Hall–Kier alpha value is -2.49. The van der Waals surface area contributed by atoms with E-state index in [1.807, 2.05) is 58.0 Å². The second-order valence-electron chi connectivity index (χ2n) is 7.17. The van der Waals surface area contributed by atoms with Crippen LogP contribution in [-0.4, -0.2) is 24.7 Å². The van der Waals surface area contributed by atoms with Crippen molar-refractivity contribution in [2.45, 2.75) is 59.7 Å². The van der Waals surface area contributed by atoms with Gasteiger partial charge in [0.15, 0.2) is 6.10 Å². The quantitative estimate of drug-likeness (QED) is 0.657. The van der Waals surface area contributed by atoms with Crippen molar-refractivity contribution < 1.29 is 14.3 Å². The molecule has 0 radical (unpaired) electrons. The van der Waals surface area contributed by atoms with Crippen LogP contribution in [0.1, 0.15) is 43.9 Å². The lowest BCUT2D eigenvalue weighted by molar-refractivity contribution is -0.127. The Labute approximate surface area is 162 Å². The number of amides is 1. The number of carbonyl (C=O) groups excluding carboxylic acids is 1. The van der Waals surface area contributed by atoms with E-state index in [0.717, 1.165) is 35.5 Å². The second-order valence-corrected chi connectivity index (χ2v) is 7.17. The molecule has 0 aliphatic heterocycles.